The third-order valence-electron chi connectivity index (χ3n) is 4.57. The van der Waals surface area contributed by atoms with Crippen molar-refractivity contribution in [3.63, 3.8) is 0 Å². The number of amides is 1. The number of aliphatic hydroxyl groups is 2. The summed E-state index contributed by atoms with van der Waals surface area (Å²) in [5.41, 5.74) is 0.607. The average Bonchev–Trinajstić information content (AvgIpc) is 2.62. The highest BCUT2D eigenvalue weighted by Crippen LogP contribution is 2.23. The number of carbonyl (C=O) groups is 1. The van der Waals surface area contributed by atoms with E-state index in [9.17, 15) is 15.0 Å². The molecule has 126 valence electrons. The van der Waals surface area contributed by atoms with E-state index in [0.717, 1.165) is 0 Å². The van der Waals surface area contributed by atoms with Gasteiger partial charge in [0, 0.05) is 50.5 Å². The molecule has 1 aromatic rings. The second-order valence-electron chi connectivity index (χ2n) is 6.05. The Balaban J connectivity index is 1.71. The van der Waals surface area contributed by atoms with Crippen molar-refractivity contribution in [3.05, 3.63) is 23.9 Å². The van der Waals surface area contributed by atoms with Crippen LogP contribution in [0.1, 0.15) is 16.8 Å². The molecule has 3 heterocycles. The van der Waals surface area contributed by atoms with Crippen molar-refractivity contribution in [1.82, 2.24) is 9.88 Å². The molecule has 2 aliphatic rings. The van der Waals surface area contributed by atoms with Crippen molar-refractivity contribution in [2.75, 3.05) is 50.9 Å². The molecule has 2 aliphatic heterocycles. The van der Waals surface area contributed by atoms with E-state index in [1.54, 1.807) is 23.2 Å². The predicted molar refractivity (Wildman–Crippen MR) is 84.4 cm³/mol. The van der Waals surface area contributed by atoms with Crippen LogP contribution in [0.5, 0.6) is 0 Å². The Morgan fingerprint density at radius 3 is 2.83 bits per heavy atom. The van der Waals surface area contributed by atoms with Crippen LogP contribution in [0.4, 0.5) is 5.82 Å². The largest absolute Gasteiger partial charge is 0.396 e. The number of aliphatic hydroxyl groups excluding tert-OH is 2. The third-order valence-corrected chi connectivity index (χ3v) is 4.57. The lowest BCUT2D eigenvalue weighted by atomic mass is 9.95. The van der Waals surface area contributed by atoms with Crippen molar-refractivity contribution in [2.24, 2.45) is 5.92 Å². The molecule has 23 heavy (non-hydrogen) atoms. The van der Waals surface area contributed by atoms with E-state index in [-0.39, 0.29) is 18.4 Å². The normalized spacial score (nSPS) is 25.5. The van der Waals surface area contributed by atoms with Gasteiger partial charge in [-0.15, -0.1) is 0 Å². The highest BCUT2D eigenvalue weighted by Gasteiger charge is 2.28. The smallest absolute Gasteiger partial charge is 0.254 e. The zero-order chi connectivity index (χ0) is 16.2. The van der Waals surface area contributed by atoms with Gasteiger partial charge >= 0.3 is 0 Å². The van der Waals surface area contributed by atoms with Crippen LogP contribution in [0.25, 0.3) is 0 Å². The minimum absolute atomic E-state index is 0.00199. The van der Waals surface area contributed by atoms with Gasteiger partial charge < -0.3 is 24.7 Å². The van der Waals surface area contributed by atoms with Crippen LogP contribution in [0.2, 0.25) is 0 Å². The number of piperidine rings is 1. The maximum absolute atomic E-state index is 12.5. The fourth-order valence-corrected chi connectivity index (χ4v) is 3.07. The summed E-state index contributed by atoms with van der Waals surface area (Å²) in [4.78, 5) is 20.6. The molecule has 7 nitrogen and oxygen atoms in total. The highest BCUT2D eigenvalue weighted by atomic mass is 16.5. The van der Waals surface area contributed by atoms with Crippen molar-refractivity contribution in [2.45, 2.75) is 12.5 Å². The van der Waals surface area contributed by atoms with E-state index in [2.05, 4.69) is 4.98 Å². The molecule has 7 heteroatoms. The lowest BCUT2D eigenvalue weighted by Gasteiger charge is -2.36. The lowest BCUT2D eigenvalue weighted by molar-refractivity contribution is 0.0303. The van der Waals surface area contributed by atoms with Gasteiger partial charge in [-0.05, 0) is 18.6 Å². The zero-order valence-electron chi connectivity index (χ0n) is 13.1. The molecule has 1 aromatic heterocycles. The molecule has 3 rings (SSSR count). The molecule has 1 amide bonds. The van der Waals surface area contributed by atoms with Crippen molar-refractivity contribution in [1.29, 1.82) is 0 Å². The molecule has 2 fully saturated rings. The maximum Gasteiger partial charge on any atom is 0.254 e. The molecular weight excluding hydrogens is 298 g/mol. The Bertz CT molecular complexity index is 548. The Kier molecular flexibility index (Phi) is 5.09. The number of hydrogen-bond acceptors (Lipinski definition) is 6. The number of β-amino-alcohol motifs (C(OH)–C–C–N with tert-alkyl or cyclic N) is 1. The second kappa shape index (κ2) is 7.25. The summed E-state index contributed by atoms with van der Waals surface area (Å²) in [7, 11) is 0. The number of aromatic nitrogens is 1. The van der Waals surface area contributed by atoms with Gasteiger partial charge in [0.15, 0.2) is 0 Å². The van der Waals surface area contributed by atoms with Gasteiger partial charge in [-0.1, -0.05) is 0 Å². The van der Waals surface area contributed by atoms with Crippen molar-refractivity contribution >= 4 is 11.7 Å². The second-order valence-corrected chi connectivity index (χ2v) is 6.05. The number of anilines is 1. The number of pyridine rings is 1. The third kappa shape index (κ3) is 3.63. The molecule has 0 aliphatic carbocycles. The first-order valence-electron chi connectivity index (χ1n) is 8.06. The quantitative estimate of drug-likeness (QED) is 0.797. The molecule has 0 radical (unpaired) electrons. The predicted octanol–water partition coefficient (Wildman–Crippen LogP) is -0.267. The molecular formula is C16H23N3O4. The van der Waals surface area contributed by atoms with Crippen molar-refractivity contribution in [3.8, 4) is 0 Å². The molecule has 2 N–H and O–H groups in total. The van der Waals surface area contributed by atoms with E-state index in [0.29, 0.717) is 57.2 Å². The van der Waals surface area contributed by atoms with Crippen LogP contribution in [-0.4, -0.2) is 78.1 Å². The molecule has 0 saturated carbocycles. The molecule has 0 unspecified atom stereocenters. The minimum Gasteiger partial charge on any atom is -0.396 e. The van der Waals surface area contributed by atoms with Crippen LogP contribution >= 0.6 is 0 Å². The number of nitrogens with zero attached hydrogens (tertiary/aromatic N) is 3. The van der Waals surface area contributed by atoms with Crippen LogP contribution in [-0.2, 0) is 4.74 Å². The molecule has 0 spiro atoms. The number of rotatable bonds is 3. The monoisotopic (exact) mass is 321 g/mol. The van der Waals surface area contributed by atoms with E-state index < -0.39 is 6.10 Å². The van der Waals surface area contributed by atoms with Gasteiger partial charge in [0.05, 0.1) is 19.3 Å². The van der Waals surface area contributed by atoms with Crippen LogP contribution in [0.15, 0.2) is 18.3 Å². The number of carbonyl (C=O) groups excluding carboxylic acids is 1. The topological polar surface area (TPSA) is 86.1 Å². The summed E-state index contributed by atoms with van der Waals surface area (Å²) in [5, 5.41) is 19.3. The average molecular weight is 321 g/mol. The number of hydrogen-bond donors (Lipinski definition) is 2. The first-order valence-corrected chi connectivity index (χ1v) is 8.06. The van der Waals surface area contributed by atoms with Gasteiger partial charge in [0.25, 0.3) is 5.91 Å². The summed E-state index contributed by atoms with van der Waals surface area (Å²) in [6.07, 6.45) is 1.77. The van der Waals surface area contributed by atoms with Gasteiger partial charge in [-0.25, -0.2) is 4.98 Å². The lowest BCUT2D eigenvalue weighted by Crippen LogP contribution is -2.45. The Morgan fingerprint density at radius 1 is 1.35 bits per heavy atom. The number of ether oxygens (including phenoxy) is 1. The first-order chi connectivity index (χ1) is 11.2. The van der Waals surface area contributed by atoms with E-state index in [1.807, 2.05) is 4.90 Å². The standard InChI is InChI=1S/C16H23N3O4/c20-11-13-2-4-19(10-14(13)21)15-9-12(1-3-17-15)16(22)18-5-7-23-8-6-18/h1,3,9,13-14,20-21H,2,4-8,10-11H2/t13-,14-/m1/s1. The zero-order valence-corrected chi connectivity index (χ0v) is 13.1. The van der Waals surface area contributed by atoms with E-state index in [4.69, 9.17) is 4.74 Å². The van der Waals surface area contributed by atoms with Gasteiger partial charge in [-0.3, -0.25) is 4.79 Å². The Morgan fingerprint density at radius 2 is 2.13 bits per heavy atom. The van der Waals surface area contributed by atoms with Crippen LogP contribution < -0.4 is 4.90 Å². The fourth-order valence-electron chi connectivity index (χ4n) is 3.07. The molecule has 0 aromatic carbocycles. The summed E-state index contributed by atoms with van der Waals surface area (Å²) in [5.74, 6) is 0.603. The SMILES string of the molecule is O=C(c1ccnc(N2CC[C@H](CO)[C@H](O)C2)c1)N1CCOCC1. The van der Waals surface area contributed by atoms with Gasteiger partial charge in [0.1, 0.15) is 5.82 Å². The fraction of sp³-hybridized carbons (Fsp3) is 0.625. The van der Waals surface area contributed by atoms with E-state index in [1.165, 1.54) is 0 Å². The summed E-state index contributed by atoms with van der Waals surface area (Å²) < 4.78 is 5.27. The highest BCUT2D eigenvalue weighted by molar-refractivity contribution is 5.94. The van der Waals surface area contributed by atoms with Crippen molar-refractivity contribution < 1.29 is 19.7 Å². The Labute approximate surface area is 135 Å². The molecule has 2 saturated heterocycles. The Hall–Kier alpha value is -1.70. The van der Waals surface area contributed by atoms with Crippen LogP contribution in [0, 0.1) is 5.92 Å². The van der Waals surface area contributed by atoms with Gasteiger partial charge in [0.2, 0.25) is 0 Å². The summed E-state index contributed by atoms with van der Waals surface area (Å²) in [6, 6.07) is 3.50. The molecule has 2 atom stereocenters. The van der Waals surface area contributed by atoms with Gasteiger partial charge in [-0.2, -0.15) is 0 Å². The minimum atomic E-state index is -0.575. The van der Waals surface area contributed by atoms with E-state index >= 15 is 0 Å². The van der Waals surface area contributed by atoms with Crippen LogP contribution in [0.3, 0.4) is 0 Å². The summed E-state index contributed by atoms with van der Waals surface area (Å²) >= 11 is 0. The maximum atomic E-state index is 12.5. The summed E-state index contributed by atoms with van der Waals surface area (Å²) in [6.45, 7) is 3.50. The first kappa shape index (κ1) is 16.2. The molecule has 0 bridgehead atoms. The number of morpholine rings is 1.